The highest BCUT2D eigenvalue weighted by molar-refractivity contribution is 5.93. The number of aromatic nitrogens is 3. The number of aliphatic hydroxyl groups excluding tert-OH is 1. The zero-order valence-electron chi connectivity index (χ0n) is 13.9. The Morgan fingerprint density at radius 2 is 2.32 bits per heavy atom. The average Bonchev–Trinajstić information content (AvgIpc) is 3.22. The van der Waals surface area contributed by atoms with Gasteiger partial charge < -0.3 is 14.9 Å². The number of nitrogens with one attached hydrogen (secondary N) is 1. The maximum Gasteiger partial charge on any atom is 0.253 e. The van der Waals surface area contributed by atoms with Gasteiger partial charge in [0.05, 0.1) is 24.1 Å². The summed E-state index contributed by atoms with van der Waals surface area (Å²) in [4.78, 5) is 14.5. The number of nitrogens with zero attached hydrogens (tertiary/aromatic N) is 4. The van der Waals surface area contributed by atoms with Crippen LogP contribution in [0.3, 0.4) is 0 Å². The van der Waals surface area contributed by atoms with Gasteiger partial charge in [-0.15, -0.1) is 0 Å². The minimum atomic E-state index is -0.247. The van der Waals surface area contributed by atoms with E-state index in [9.17, 15) is 9.90 Å². The van der Waals surface area contributed by atoms with E-state index in [1.807, 2.05) is 0 Å². The lowest BCUT2D eigenvalue weighted by Gasteiger charge is -2.23. The van der Waals surface area contributed by atoms with Gasteiger partial charge in [0.25, 0.3) is 5.91 Å². The van der Waals surface area contributed by atoms with E-state index in [4.69, 9.17) is 4.52 Å². The van der Waals surface area contributed by atoms with Crippen LogP contribution >= 0.6 is 0 Å². The molecule has 1 aliphatic carbocycles. The Morgan fingerprint density at radius 1 is 1.40 bits per heavy atom. The average molecular weight is 343 g/mol. The predicted molar refractivity (Wildman–Crippen MR) is 87.7 cm³/mol. The molecule has 3 heterocycles. The van der Waals surface area contributed by atoms with Crippen LogP contribution in [0.5, 0.6) is 0 Å². The van der Waals surface area contributed by atoms with E-state index < -0.39 is 0 Å². The smallest absolute Gasteiger partial charge is 0.253 e. The quantitative estimate of drug-likeness (QED) is 0.824. The molecule has 0 bridgehead atoms. The molecule has 132 valence electrons. The number of carbonyl (C=O) groups is 1. The molecule has 1 aliphatic heterocycles. The molecular formula is C17H21N5O3. The van der Waals surface area contributed by atoms with Crippen molar-refractivity contribution in [2.24, 2.45) is 0 Å². The van der Waals surface area contributed by atoms with E-state index in [1.54, 1.807) is 6.07 Å². The van der Waals surface area contributed by atoms with Gasteiger partial charge in [-0.3, -0.25) is 9.69 Å². The van der Waals surface area contributed by atoms with E-state index in [0.29, 0.717) is 18.7 Å². The summed E-state index contributed by atoms with van der Waals surface area (Å²) in [5.74, 6) is 0.787. The zero-order valence-corrected chi connectivity index (χ0v) is 13.9. The second kappa shape index (κ2) is 6.89. The summed E-state index contributed by atoms with van der Waals surface area (Å²) in [6, 6.07) is 1.70. The number of amides is 1. The molecular weight excluding hydrogens is 322 g/mol. The van der Waals surface area contributed by atoms with Crippen molar-refractivity contribution in [3.63, 3.8) is 0 Å². The van der Waals surface area contributed by atoms with Crippen molar-refractivity contribution < 1.29 is 14.4 Å². The third-order valence-corrected chi connectivity index (χ3v) is 4.92. The third-order valence-electron chi connectivity index (χ3n) is 4.92. The van der Waals surface area contributed by atoms with Crippen LogP contribution in [0.25, 0.3) is 0 Å². The summed E-state index contributed by atoms with van der Waals surface area (Å²) in [5.41, 5.74) is 2.54. The fraction of sp³-hybridized carbons (Fsp3) is 0.529. The van der Waals surface area contributed by atoms with Crippen LogP contribution in [0.4, 0.5) is 0 Å². The standard InChI is InChI=1S/C17H21N5O3/c23-13-4-6-22(9-13)10-15-14-7-12(1-2-16(14)25-21-15)20-17(24)11-3-5-18-19-8-11/h3,5,8,12-13,23H,1-2,4,6-7,9-10H2,(H,20,24)/t12?,13-/m1/s1. The summed E-state index contributed by atoms with van der Waals surface area (Å²) in [6.45, 7) is 2.24. The van der Waals surface area contributed by atoms with Gasteiger partial charge in [-0.2, -0.15) is 10.2 Å². The molecule has 2 atom stereocenters. The van der Waals surface area contributed by atoms with Gasteiger partial charge in [0.15, 0.2) is 0 Å². The molecule has 0 radical (unpaired) electrons. The minimum absolute atomic E-state index is 0.0514. The monoisotopic (exact) mass is 343 g/mol. The van der Waals surface area contributed by atoms with Crippen LogP contribution in [0.15, 0.2) is 23.0 Å². The van der Waals surface area contributed by atoms with Gasteiger partial charge in [-0.1, -0.05) is 5.16 Å². The van der Waals surface area contributed by atoms with Crippen molar-refractivity contribution in [2.75, 3.05) is 13.1 Å². The normalized spacial score (nSPS) is 23.4. The molecule has 1 unspecified atom stereocenters. The molecule has 0 spiro atoms. The van der Waals surface area contributed by atoms with Gasteiger partial charge in [0, 0.05) is 37.7 Å². The van der Waals surface area contributed by atoms with E-state index >= 15 is 0 Å². The molecule has 2 N–H and O–H groups in total. The van der Waals surface area contributed by atoms with Crippen LogP contribution in [0.1, 0.15) is 40.2 Å². The Bertz CT molecular complexity index is 748. The predicted octanol–water partition coefficient (Wildman–Crippen LogP) is 0.318. The second-order valence-corrected chi connectivity index (χ2v) is 6.75. The first kappa shape index (κ1) is 16.2. The van der Waals surface area contributed by atoms with Gasteiger partial charge in [-0.05, 0) is 25.3 Å². The lowest BCUT2D eigenvalue weighted by atomic mass is 9.91. The van der Waals surface area contributed by atoms with Gasteiger partial charge >= 0.3 is 0 Å². The Labute approximate surface area is 145 Å². The molecule has 25 heavy (non-hydrogen) atoms. The molecule has 8 nitrogen and oxygen atoms in total. The number of carbonyl (C=O) groups excluding carboxylic acids is 1. The van der Waals surface area contributed by atoms with Gasteiger partial charge in [0.1, 0.15) is 11.5 Å². The Kier molecular flexibility index (Phi) is 4.46. The summed E-state index contributed by atoms with van der Waals surface area (Å²) < 4.78 is 5.49. The zero-order chi connectivity index (χ0) is 17.2. The fourth-order valence-corrected chi connectivity index (χ4v) is 3.57. The fourth-order valence-electron chi connectivity index (χ4n) is 3.57. The molecule has 4 rings (SSSR count). The molecule has 2 aromatic heterocycles. The molecule has 1 saturated heterocycles. The number of hydrogen-bond donors (Lipinski definition) is 2. The first-order valence-electron chi connectivity index (χ1n) is 8.63. The van der Waals surface area contributed by atoms with Crippen molar-refractivity contribution >= 4 is 5.91 Å². The molecule has 1 fully saturated rings. The van der Waals surface area contributed by atoms with Crippen molar-refractivity contribution in [1.29, 1.82) is 0 Å². The largest absolute Gasteiger partial charge is 0.392 e. The second-order valence-electron chi connectivity index (χ2n) is 6.75. The van der Waals surface area contributed by atoms with Gasteiger partial charge in [-0.25, -0.2) is 0 Å². The summed E-state index contributed by atoms with van der Waals surface area (Å²) in [6.07, 6.45) is 5.85. The summed E-state index contributed by atoms with van der Waals surface area (Å²) >= 11 is 0. The van der Waals surface area contributed by atoms with Crippen LogP contribution in [-0.2, 0) is 19.4 Å². The highest BCUT2D eigenvalue weighted by Crippen LogP contribution is 2.26. The van der Waals surface area contributed by atoms with Crippen LogP contribution < -0.4 is 5.32 Å². The third kappa shape index (κ3) is 3.54. The lowest BCUT2D eigenvalue weighted by molar-refractivity contribution is 0.0932. The SMILES string of the molecule is O=C(NC1CCc2onc(CN3CC[C@@H](O)C3)c2C1)c1ccnnc1. The number of aliphatic hydroxyl groups is 1. The van der Waals surface area contributed by atoms with Crippen molar-refractivity contribution in [3.8, 4) is 0 Å². The molecule has 0 aromatic carbocycles. The summed E-state index contributed by atoms with van der Waals surface area (Å²) in [5, 5.41) is 24.4. The van der Waals surface area contributed by atoms with E-state index in [-0.39, 0.29) is 18.1 Å². The Balaban J connectivity index is 1.42. The van der Waals surface area contributed by atoms with Gasteiger partial charge in [0.2, 0.25) is 0 Å². The topological polar surface area (TPSA) is 104 Å². The minimum Gasteiger partial charge on any atom is -0.392 e. The number of fused-ring (bicyclic) bond motifs is 1. The van der Waals surface area contributed by atoms with Crippen LogP contribution in [-0.4, -0.2) is 56.5 Å². The first-order chi connectivity index (χ1) is 12.2. The molecule has 2 aromatic rings. The summed E-state index contributed by atoms with van der Waals surface area (Å²) in [7, 11) is 0. The number of likely N-dealkylation sites (tertiary alicyclic amines) is 1. The highest BCUT2D eigenvalue weighted by atomic mass is 16.5. The highest BCUT2D eigenvalue weighted by Gasteiger charge is 2.29. The maximum atomic E-state index is 12.3. The van der Waals surface area contributed by atoms with E-state index in [1.165, 1.54) is 12.4 Å². The Morgan fingerprint density at radius 3 is 3.08 bits per heavy atom. The van der Waals surface area contributed by atoms with E-state index in [2.05, 4.69) is 25.6 Å². The van der Waals surface area contributed by atoms with Crippen molar-refractivity contribution in [3.05, 3.63) is 41.0 Å². The Hall–Kier alpha value is -2.32. The van der Waals surface area contributed by atoms with E-state index in [0.717, 1.165) is 49.2 Å². The number of hydrogen-bond acceptors (Lipinski definition) is 7. The number of β-amino-alcohol motifs (C(OH)–C–C–N with tert-alkyl or cyclic N) is 1. The number of rotatable bonds is 4. The van der Waals surface area contributed by atoms with Crippen molar-refractivity contribution in [1.82, 2.24) is 25.6 Å². The first-order valence-corrected chi connectivity index (χ1v) is 8.63. The maximum absolute atomic E-state index is 12.3. The van der Waals surface area contributed by atoms with Crippen LogP contribution in [0.2, 0.25) is 0 Å². The molecule has 1 amide bonds. The molecule has 2 aliphatic rings. The lowest BCUT2D eigenvalue weighted by Crippen LogP contribution is -2.39. The molecule has 8 heteroatoms. The van der Waals surface area contributed by atoms with Crippen LogP contribution in [0, 0.1) is 0 Å². The van der Waals surface area contributed by atoms with Crippen molar-refractivity contribution in [2.45, 2.75) is 44.4 Å². The molecule has 0 saturated carbocycles. The number of aryl methyl sites for hydroxylation is 1.